The maximum Gasteiger partial charge on any atom is 0.188 e. The van der Waals surface area contributed by atoms with Crippen LogP contribution in [-0.2, 0) is 4.74 Å². The summed E-state index contributed by atoms with van der Waals surface area (Å²) in [5, 5.41) is 0. The number of ether oxygens (including phenoxy) is 2. The van der Waals surface area contributed by atoms with E-state index in [1.54, 1.807) is 7.11 Å². The van der Waals surface area contributed by atoms with Crippen LogP contribution in [0.25, 0.3) is 0 Å². The molecule has 0 saturated heterocycles. The molecule has 0 radical (unpaired) electrons. The minimum atomic E-state index is 0.307. The SMILES string of the molecule is CCCSc1cccc(OCOC)c1. The fraction of sp³-hybridized carbons (Fsp3) is 0.455. The van der Waals surface area contributed by atoms with Gasteiger partial charge in [0.2, 0.25) is 0 Å². The molecule has 0 aromatic heterocycles. The molecule has 0 N–H and O–H groups in total. The van der Waals surface area contributed by atoms with Crippen LogP contribution >= 0.6 is 11.8 Å². The normalized spacial score (nSPS) is 10.1. The topological polar surface area (TPSA) is 18.5 Å². The Morgan fingerprint density at radius 2 is 2.21 bits per heavy atom. The van der Waals surface area contributed by atoms with E-state index in [1.165, 1.54) is 11.3 Å². The summed E-state index contributed by atoms with van der Waals surface area (Å²) in [6.07, 6.45) is 1.19. The highest BCUT2D eigenvalue weighted by Gasteiger charge is 1.96. The quantitative estimate of drug-likeness (QED) is 0.533. The lowest BCUT2D eigenvalue weighted by Crippen LogP contribution is -1.98. The second-order valence-corrected chi connectivity index (χ2v) is 4.04. The van der Waals surface area contributed by atoms with Gasteiger partial charge in [0.1, 0.15) is 5.75 Å². The lowest BCUT2D eigenvalue weighted by Gasteiger charge is -2.06. The van der Waals surface area contributed by atoms with Gasteiger partial charge in [-0.1, -0.05) is 13.0 Å². The zero-order valence-corrected chi connectivity index (χ0v) is 9.47. The van der Waals surface area contributed by atoms with Crippen LogP contribution < -0.4 is 4.74 Å². The highest BCUT2D eigenvalue weighted by molar-refractivity contribution is 7.99. The number of thioether (sulfide) groups is 1. The van der Waals surface area contributed by atoms with Gasteiger partial charge in [-0.2, -0.15) is 0 Å². The van der Waals surface area contributed by atoms with Crippen molar-refractivity contribution in [3.05, 3.63) is 24.3 Å². The molecule has 0 atom stereocenters. The van der Waals surface area contributed by atoms with Crippen LogP contribution in [0.15, 0.2) is 29.2 Å². The summed E-state index contributed by atoms with van der Waals surface area (Å²) in [6.45, 7) is 2.49. The van der Waals surface area contributed by atoms with E-state index in [4.69, 9.17) is 9.47 Å². The van der Waals surface area contributed by atoms with Crippen LogP contribution in [0.4, 0.5) is 0 Å². The molecule has 2 nitrogen and oxygen atoms in total. The summed E-state index contributed by atoms with van der Waals surface area (Å²) < 4.78 is 10.2. The molecular formula is C11H16O2S. The number of hydrogen-bond donors (Lipinski definition) is 0. The third-order valence-electron chi connectivity index (χ3n) is 1.62. The third-order valence-corrected chi connectivity index (χ3v) is 2.82. The van der Waals surface area contributed by atoms with Crippen LogP contribution in [0.3, 0.4) is 0 Å². The molecule has 3 heteroatoms. The van der Waals surface area contributed by atoms with Gasteiger partial charge in [-0.3, -0.25) is 0 Å². The van der Waals surface area contributed by atoms with Crippen LogP contribution in [0.2, 0.25) is 0 Å². The van der Waals surface area contributed by atoms with E-state index < -0.39 is 0 Å². The molecule has 0 aliphatic rings. The summed E-state index contributed by atoms with van der Waals surface area (Å²) in [7, 11) is 1.62. The minimum absolute atomic E-state index is 0.307. The van der Waals surface area contributed by atoms with Crippen molar-refractivity contribution in [1.29, 1.82) is 0 Å². The molecule has 1 aromatic carbocycles. The average molecular weight is 212 g/mol. The first-order valence-corrected chi connectivity index (χ1v) is 5.70. The number of benzene rings is 1. The first-order valence-electron chi connectivity index (χ1n) is 4.71. The van der Waals surface area contributed by atoms with E-state index in [-0.39, 0.29) is 0 Å². The molecule has 1 rings (SSSR count). The highest BCUT2D eigenvalue weighted by atomic mass is 32.2. The van der Waals surface area contributed by atoms with Gasteiger partial charge in [0.15, 0.2) is 6.79 Å². The molecule has 0 aliphatic heterocycles. The maximum absolute atomic E-state index is 5.34. The molecule has 0 amide bonds. The summed E-state index contributed by atoms with van der Waals surface area (Å²) in [4.78, 5) is 1.25. The molecular weight excluding hydrogens is 196 g/mol. The van der Waals surface area contributed by atoms with E-state index in [1.807, 2.05) is 30.0 Å². The predicted octanol–water partition coefficient (Wildman–Crippen LogP) is 3.17. The van der Waals surface area contributed by atoms with Crippen LogP contribution in [0.1, 0.15) is 13.3 Å². The Morgan fingerprint density at radius 3 is 2.93 bits per heavy atom. The fourth-order valence-corrected chi connectivity index (χ4v) is 1.81. The smallest absolute Gasteiger partial charge is 0.188 e. The minimum Gasteiger partial charge on any atom is -0.468 e. The van der Waals surface area contributed by atoms with Crippen LogP contribution in [-0.4, -0.2) is 19.7 Å². The van der Waals surface area contributed by atoms with E-state index in [0.717, 1.165) is 11.5 Å². The average Bonchev–Trinajstić information content (AvgIpc) is 2.24. The standard InChI is InChI=1S/C11H16O2S/c1-3-7-14-11-6-4-5-10(8-11)13-9-12-2/h4-6,8H,3,7,9H2,1-2H3. The first kappa shape index (κ1) is 11.4. The van der Waals surface area contributed by atoms with Crippen molar-refractivity contribution in [1.82, 2.24) is 0 Å². The maximum atomic E-state index is 5.34. The Kier molecular flexibility index (Phi) is 5.49. The lowest BCUT2D eigenvalue weighted by molar-refractivity contribution is 0.0510. The largest absolute Gasteiger partial charge is 0.468 e. The van der Waals surface area contributed by atoms with Crippen LogP contribution in [0, 0.1) is 0 Å². The van der Waals surface area contributed by atoms with Crippen molar-refractivity contribution < 1.29 is 9.47 Å². The fourth-order valence-electron chi connectivity index (χ4n) is 1.00. The summed E-state index contributed by atoms with van der Waals surface area (Å²) >= 11 is 1.85. The monoisotopic (exact) mass is 212 g/mol. The van der Waals surface area contributed by atoms with Crippen LogP contribution in [0.5, 0.6) is 5.75 Å². The molecule has 78 valence electrons. The van der Waals surface area contributed by atoms with Gasteiger partial charge in [0.05, 0.1) is 0 Å². The van der Waals surface area contributed by atoms with Crippen molar-refractivity contribution in [2.45, 2.75) is 18.2 Å². The molecule has 0 fully saturated rings. The highest BCUT2D eigenvalue weighted by Crippen LogP contribution is 2.23. The predicted molar refractivity (Wildman–Crippen MR) is 60.0 cm³/mol. The molecule has 0 aliphatic carbocycles. The van der Waals surface area contributed by atoms with E-state index in [9.17, 15) is 0 Å². The first-order chi connectivity index (χ1) is 6.86. The zero-order chi connectivity index (χ0) is 10.2. The number of rotatable bonds is 6. The summed E-state index contributed by atoms with van der Waals surface area (Å²) in [5.41, 5.74) is 0. The Balaban J connectivity index is 2.50. The Morgan fingerprint density at radius 1 is 1.36 bits per heavy atom. The molecule has 0 unspecified atom stereocenters. The number of methoxy groups -OCH3 is 1. The van der Waals surface area contributed by atoms with Gasteiger partial charge >= 0.3 is 0 Å². The van der Waals surface area contributed by atoms with Gasteiger partial charge < -0.3 is 9.47 Å². The summed E-state index contributed by atoms with van der Waals surface area (Å²) in [5.74, 6) is 2.02. The van der Waals surface area contributed by atoms with Crippen molar-refractivity contribution in [2.75, 3.05) is 19.7 Å². The second-order valence-electron chi connectivity index (χ2n) is 2.87. The van der Waals surface area contributed by atoms with E-state index in [2.05, 4.69) is 13.0 Å². The molecule has 0 bridgehead atoms. The zero-order valence-electron chi connectivity index (χ0n) is 8.66. The van der Waals surface area contributed by atoms with Gasteiger partial charge in [-0.15, -0.1) is 11.8 Å². The molecule has 0 heterocycles. The van der Waals surface area contributed by atoms with Gasteiger partial charge in [0.25, 0.3) is 0 Å². The van der Waals surface area contributed by atoms with E-state index >= 15 is 0 Å². The van der Waals surface area contributed by atoms with Gasteiger partial charge in [0, 0.05) is 12.0 Å². The third kappa shape index (κ3) is 4.03. The molecule has 0 saturated carbocycles. The molecule has 0 spiro atoms. The molecule has 14 heavy (non-hydrogen) atoms. The van der Waals surface area contributed by atoms with Crippen molar-refractivity contribution in [2.24, 2.45) is 0 Å². The Hall–Kier alpha value is -0.670. The summed E-state index contributed by atoms with van der Waals surface area (Å²) in [6, 6.07) is 8.08. The van der Waals surface area contributed by atoms with Gasteiger partial charge in [-0.05, 0) is 30.4 Å². The molecule has 1 aromatic rings. The lowest BCUT2D eigenvalue weighted by atomic mass is 10.3. The number of hydrogen-bond acceptors (Lipinski definition) is 3. The Bertz CT molecular complexity index is 240. The van der Waals surface area contributed by atoms with Crippen molar-refractivity contribution in [3.8, 4) is 5.75 Å². The van der Waals surface area contributed by atoms with Gasteiger partial charge in [-0.25, -0.2) is 0 Å². The van der Waals surface area contributed by atoms with Crippen molar-refractivity contribution in [3.63, 3.8) is 0 Å². The van der Waals surface area contributed by atoms with E-state index in [0.29, 0.717) is 6.79 Å². The second kappa shape index (κ2) is 6.74. The van der Waals surface area contributed by atoms with Crippen molar-refractivity contribution >= 4 is 11.8 Å². The Labute approximate surface area is 89.6 Å².